The molecule has 1 aromatic carbocycles. The fourth-order valence-corrected chi connectivity index (χ4v) is 6.02. The molecule has 2 aromatic rings. The fourth-order valence-electron chi connectivity index (χ4n) is 6.02. The number of hydrogen-bond donors (Lipinski definition) is 2. The third kappa shape index (κ3) is 4.40. The van der Waals surface area contributed by atoms with Crippen LogP contribution in [0.25, 0.3) is 11.3 Å². The first-order valence-corrected chi connectivity index (χ1v) is 12.4. The number of aliphatic hydroxyl groups excluding tert-OH is 1. The Morgan fingerprint density at radius 3 is 2.68 bits per heavy atom. The smallest absolute Gasteiger partial charge is 0.317 e. The van der Waals surface area contributed by atoms with Gasteiger partial charge in [0.15, 0.2) is 0 Å². The van der Waals surface area contributed by atoms with Crippen LogP contribution in [0.15, 0.2) is 24.3 Å². The molecule has 34 heavy (non-hydrogen) atoms. The van der Waals surface area contributed by atoms with E-state index in [0.29, 0.717) is 13.1 Å². The number of aliphatic hydroxyl groups is 1. The van der Waals surface area contributed by atoms with Gasteiger partial charge in [0.2, 0.25) is 0 Å². The predicted molar refractivity (Wildman–Crippen MR) is 126 cm³/mol. The third-order valence-electron chi connectivity index (χ3n) is 7.89. The van der Waals surface area contributed by atoms with E-state index in [4.69, 9.17) is 5.11 Å². The van der Waals surface area contributed by atoms with Crippen LogP contribution in [0.5, 0.6) is 0 Å². The molecule has 0 radical (unpaired) electrons. The van der Waals surface area contributed by atoms with Crippen molar-refractivity contribution in [1.82, 2.24) is 20.4 Å². The fraction of sp³-hybridized carbons (Fsp3) is 0.577. The van der Waals surface area contributed by atoms with Gasteiger partial charge in [0.05, 0.1) is 23.6 Å². The molecule has 8 heteroatoms. The van der Waals surface area contributed by atoms with E-state index in [1.807, 2.05) is 11.0 Å². The van der Waals surface area contributed by atoms with Crippen molar-refractivity contribution in [2.24, 2.45) is 5.92 Å². The highest BCUT2D eigenvalue weighted by atomic mass is 19.1. The second-order valence-corrected chi connectivity index (χ2v) is 9.52. The lowest BCUT2D eigenvalue weighted by Crippen LogP contribution is -2.52. The Hall–Kier alpha value is -2.61. The standard InChI is InChI=1S/C26H34F2N4O2/c1-3-17-10-11-26(4-2,18-7-6-13-32(16-18)25(34)29-12-14-33)24-19(17)15-22(30-31-24)23-20(27)8-5-9-21(23)28/h5,8-9,15,17-18,33H,3-4,6-7,10-14,16H2,1-2H3,(H,29,34)/t17-,18-,26+/m0/s1. The van der Waals surface area contributed by atoms with Crippen molar-refractivity contribution in [3.05, 3.63) is 47.2 Å². The molecule has 0 saturated carbocycles. The normalized spacial score (nSPS) is 24.6. The zero-order valence-electron chi connectivity index (χ0n) is 20.0. The number of benzene rings is 1. The minimum atomic E-state index is -0.642. The number of carbonyl (C=O) groups is 1. The number of halogens is 2. The van der Waals surface area contributed by atoms with Gasteiger partial charge in [-0.1, -0.05) is 19.9 Å². The largest absolute Gasteiger partial charge is 0.395 e. The molecule has 2 N–H and O–H groups in total. The Bertz CT molecular complexity index is 1010. The Kier molecular flexibility index (Phi) is 7.45. The first-order chi connectivity index (χ1) is 16.4. The highest BCUT2D eigenvalue weighted by Crippen LogP contribution is 2.51. The number of piperidine rings is 1. The van der Waals surface area contributed by atoms with Crippen molar-refractivity contribution < 1.29 is 18.7 Å². The number of amides is 2. The quantitative estimate of drug-likeness (QED) is 0.635. The second kappa shape index (κ2) is 10.3. The Morgan fingerprint density at radius 1 is 1.24 bits per heavy atom. The van der Waals surface area contributed by atoms with E-state index in [1.165, 1.54) is 18.2 Å². The molecule has 184 valence electrons. The highest BCUT2D eigenvalue weighted by molar-refractivity contribution is 5.74. The average molecular weight is 473 g/mol. The van der Waals surface area contributed by atoms with Crippen molar-refractivity contribution in [3.8, 4) is 11.3 Å². The zero-order chi connectivity index (χ0) is 24.3. The lowest BCUT2D eigenvalue weighted by molar-refractivity contribution is 0.104. The van der Waals surface area contributed by atoms with Crippen LogP contribution in [-0.2, 0) is 5.41 Å². The van der Waals surface area contributed by atoms with Crippen LogP contribution in [0, 0.1) is 17.6 Å². The summed E-state index contributed by atoms with van der Waals surface area (Å²) in [6, 6.07) is 5.53. The van der Waals surface area contributed by atoms with Crippen LogP contribution in [0.1, 0.15) is 69.5 Å². The number of nitrogens with one attached hydrogen (secondary N) is 1. The molecule has 2 heterocycles. The molecule has 2 aliphatic rings. The molecule has 0 spiro atoms. The number of hydrogen-bond acceptors (Lipinski definition) is 4. The molecule has 1 aliphatic heterocycles. The Balaban J connectivity index is 1.72. The van der Waals surface area contributed by atoms with Gasteiger partial charge in [-0.15, -0.1) is 0 Å². The van der Waals surface area contributed by atoms with Crippen LogP contribution < -0.4 is 5.32 Å². The summed E-state index contributed by atoms with van der Waals surface area (Å²) in [5.41, 5.74) is 1.82. The van der Waals surface area contributed by atoms with Gasteiger partial charge in [0.1, 0.15) is 11.6 Å². The molecule has 1 saturated heterocycles. The summed E-state index contributed by atoms with van der Waals surface area (Å²) in [6.07, 6.45) is 5.58. The molecule has 1 aliphatic carbocycles. The van der Waals surface area contributed by atoms with Crippen LogP contribution in [0.2, 0.25) is 0 Å². The van der Waals surface area contributed by atoms with E-state index in [9.17, 15) is 13.6 Å². The maximum atomic E-state index is 14.5. The molecule has 2 amide bonds. The van der Waals surface area contributed by atoms with Crippen molar-refractivity contribution in [2.45, 2.75) is 63.7 Å². The first kappa shape index (κ1) is 24.5. The number of likely N-dealkylation sites (tertiary alicyclic amines) is 1. The molecule has 0 unspecified atom stereocenters. The topological polar surface area (TPSA) is 78.4 Å². The lowest BCUT2D eigenvalue weighted by atomic mass is 9.59. The minimum Gasteiger partial charge on any atom is -0.395 e. The van der Waals surface area contributed by atoms with Crippen LogP contribution >= 0.6 is 0 Å². The van der Waals surface area contributed by atoms with Gasteiger partial charge in [0.25, 0.3) is 0 Å². The second-order valence-electron chi connectivity index (χ2n) is 9.52. The van der Waals surface area contributed by atoms with Crippen LogP contribution in [0.4, 0.5) is 13.6 Å². The van der Waals surface area contributed by atoms with Crippen molar-refractivity contribution >= 4 is 6.03 Å². The highest BCUT2D eigenvalue weighted by Gasteiger charge is 2.47. The average Bonchev–Trinajstić information content (AvgIpc) is 2.86. The number of aromatic nitrogens is 2. The van der Waals surface area contributed by atoms with Crippen LogP contribution in [-0.4, -0.2) is 52.5 Å². The van der Waals surface area contributed by atoms with Gasteiger partial charge >= 0.3 is 6.03 Å². The molecular formula is C26H34F2N4O2. The zero-order valence-corrected chi connectivity index (χ0v) is 20.0. The maximum absolute atomic E-state index is 14.5. The van der Waals surface area contributed by atoms with E-state index in [2.05, 4.69) is 29.4 Å². The Labute approximate surface area is 199 Å². The molecule has 4 rings (SSSR count). The van der Waals surface area contributed by atoms with Crippen molar-refractivity contribution in [2.75, 3.05) is 26.2 Å². The maximum Gasteiger partial charge on any atom is 0.317 e. The summed E-state index contributed by atoms with van der Waals surface area (Å²) in [7, 11) is 0. The molecule has 1 fully saturated rings. The monoisotopic (exact) mass is 472 g/mol. The molecule has 3 atom stereocenters. The summed E-state index contributed by atoms with van der Waals surface area (Å²) in [6.45, 7) is 5.74. The summed E-state index contributed by atoms with van der Waals surface area (Å²) in [5, 5.41) is 20.8. The molecule has 1 aromatic heterocycles. The first-order valence-electron chi connectivity index (χ1n) is 12.4. The van der Waals surface area contributed by atoms with E-state index in [-0.39, 0.29) is 47.7 Å². The van der Waals surface area contributed by atoms with Gasteiger partial charge in [-0.3, -0.25) is 0 Å². The summed E-state index contributed by atoms with van der Waals surface area (Å²) < 4.78 is 29.0. The van der Waals surface area contributed by atoms with Gasteiger partial charge in [-0.2, -0.15) is 10.2 Å². The summed E-state index contributed by atoms with van der Waals surface area (Å²) in [4.78, 5) is 14.4. The number of rotatable bonds is 6. The summed E-state index contributed by atoms with van der Waals surface area (Å²) >= 11 is 0. The van der Waals surface area contributed by atoms with Gasteiger partial charge in [-0.05, 0) is 74.1 Å². The van der Waals surface area contributed by atoms with E-state index in [0.717, 1.165) is 49.8 Å². The van der Waals surface area contributed by atoms with Crippen molar-refractivity contribution in [3.63, 3.8) is 0 Å². The number of carbonyl (C=O) groups excluding carboxylic acids is 1. The number of nitrogens with zero attached hydrogens (tertiary/aromatic N) is 3. The van der Waals surface area contributed by atoms with Crippen molar-refractivity contribution in [1.29, 1.82) is 0 Å². The molecule has 0 bridgehead atoms. The number of fused-ring (bicyclic) bond motifs is 1. The molecular weight excluding hydrogens is 438 g/mol. The van der Waals surface area contributed by atoms with Gasteiger partial charge in [-0.25, -0.2) is 13.6 Å². The minimum absolute atomic E-state index is 0.0891. The van der Waals surface area contributed by atoms with Gasteiger partial charge < -0.3 is 15.3 Å². The summed E-state index contributed by atoms with van der Waals surface area (Å²) in [5.74, 6) is -0.812. The number of urea groups is 1. The van der Waals surface area contributed by atoms with E-state index >= 15 is 0 Å². The van der Waals surface area contributed by atoms with E-state index < -0.39 is 11.6 Å². The van der Waals surface area contributed by atoms with Crippen LogP contribution in [0.3, 0.4) is 0 Å². The van der Waals surface area contributed by atoms with E-state index in [1.54, 1.807) is 0 Å². The van der Waals surface area contributed by atoms with Gasteiger partial charge in [0, 0.05) is 25.0 Å². The molecule has 6 nitrogen and oxygen atoms in total. The predicted octanol–water partition coefficient (Wildman–Crippen LogP) is 4.77. The third-order valence-corrected chi connectivity index (χ3v) is 7.89. The SMILES string of the molecule is CC[C@H]1CC[C@](CC)([C@H]2CCCN(C(=O)NCCO)C2)c2nnc(-c3c(F)cccc3F)cc21. The lowest BCUT2D eigenvalue weighted by Gasteiger charge is -2.48. The Morgan fingerprint density at radius 2 is 2.00 bits per heavy atom.